The highest BCUT2D eigenvalue weighted by atomic mass is 35.5. The Morgan fingerprint density at radius 1 is 1.44 bits per heavy atom. The lowest BCUT2D eigenvalue weighted by atomic mass is 10.3. The van der Waals surface area contributed by atoms with Gasteiger partial charge in [-0.3, -0.25) is 4.72 Å². The molecule has 96 valence electrons. The summed E-state index contributed by atoms with van der Waals surface area (Å²) < 4.78 is 38.9. The molecule has 0 aliphatic rings. The van der Waals surface area contributed by atoms with E-state index in [1.165, 1.54) is 6.07 Å². The topological polar surface area (TPSA) is 79.3 Å². The van der Waals surface area contributed by atoms with E-state index in [1.807, 2.05) is 0 Å². The monoisotopic (exact) mass is 308 g/mol. The summed E-state index contributed by atoms with van der Waals surface area (Å²) in [5.41, 5.74) is -0.00479. The molecule has 0 atom stereocenters. The lowest BCUT2D eigenvalue weighted by Crippen LogP contribution is -2.11. The minimum absolute atomic E-state index is 0.00479. The summed E-state index contributed by atoms with van der Waals surface area (Å²) in [5, 5.41) is 8.98. The Morgan fingerprint density at radius 3 is 2.72 bits per heavy atom. The van der Waals surface area contributed by atoms with Gasteiger partial charge < -0.3 is 5.11 Å². The number of benzene rings is 1. The molecule has 0 amide bonds. The second kappa shape index (κ2) is 4.71. The van der Waals surface area contributed by atoms with Gasteiger partial charge in [0.05, 0.1) is 11.9 Å². The molecule has 1 aromatic heterocycles. The normalized spacial score (nSPS) is 11.4. The van der Waals surface area contributed by atoms with Crippen molar-refractivity contribution in [2.24, 2.45) is 0 Å². The molecule has 5 nitrogen and oxygen atoms in total. The molecule has 0 fully saturated rings. The zero-order valence-corrected chi connectivity index (χ0v) is 11.0. The number of hydrogen-bond acceptors (Lipinski definition) is 5. The largest absolute Gasteiger partial charge is 0.505 e. The van der Waals surface area contributed by atoms with Gasteiger partial charge in [-0.1, -0.05) is 22.9 Å². The molecule has 18 heavy (non-hydrogen) atoms. The Balaban J connectivity index is 2.30. The standard InChI is InChI=1S/C9H6ClFN2O3S2/c10-9-12-4-8(17-9)18(15,16)13-5-1-2-7(14)6(11)3-5/h1-4,13-14H. The highest BCUT2D eigenvalue weighted by Crippen LogP contribution is 2.26. The van der Waals surface area contributed by atoms with Gasteiger partial charge in [0, 0.05) is 6.07 Å². The van der Waals surface area contributed by atoms with Crippen LogP contribution < -0.4 is 4.72 Å². The highest BCUT2D eigenvalue weighted by molar-refractivity contribution is 7.94. The molecule has 1 heterocycles. The number of aromatic nitrogens is 1. The van der Waals surface area contributed by atoms with Gasteiger partial charge in [-0.2, -0.15) is 0 Å². The smallest absolute Gasteiger partial charge is 0.273 e. The second-order valence-corrected chi connectivity index (χ2v) is 6.73. The first-order chi connectivity index (χ1) is 8.38. The van der Waals surface area contributed by atoms with Crippen molar-refractivity contribution in [3.63, 3.8) is 0 Å². The second-order valence-electron chi connectivity index (χ2n) is 3.20. The van der Waals surface area contributed by atoms with E-state index in [1.54, 1.807) is 0 Å². The van der Waals surface area contributed by atoms with Gasteiger partial charge in [0.1, 0.15) is 0 Å². The summed E-state index contributed by atoms with van der Waals surface area (Å²) in [4.78, 5) is 3.61. The van der Waals surface area contributed by atoms with E-state index in [0.29, 0.717) is 0 Å². The maximum atomic E-state index is 13.0. The molecule has 0 aliphatic carbocycles. The summed E-state index contributed by atoms with van der Waals surface area (Å²) in [6, 6.07) is 3.15. The van der Waals surface area contributed by atoms with Crippen molar-refractivity contribution in [3.05, 3.63) is 34.7 Å². The fourth-order valence-corrected chi connectivity index (χ4v) is 3.48. The molecule has 0 spiro atoms. The Morgan fingerprint density at radius 2 is 2.17 bits per heavy atom. The van der Waals surface area contributed by atoms with E-state index in [9.17, 15) is 12.8 Å². The van der Waals surface area contributed by atoms with Gasteiger partial charge in [-0.25, -0.2) is 17.8 Å². The maximum Gasteiger partial charge on any atom is 0.273 e. The van der Waals surface area contributed by atoms with E-state index in [4.69, 9.17) is 16.7 Å². The van der Waals surface area contributed by atoms with Crippen molar-refractivity contribution in [2.45, 2.75) is 4.21 Å². The van der Waals surface area contributed by atoms with Crippen molar-refractivity contribution in [2.75, 3.05) is 4.72 Å². The van der Waals surface area contributed by atoms with E-state index < -0.39 is 21.6 Å². The first kappa shape index (κ1) is 13.1. The van der Waals surface area contributed by atoms with Crippen LogP contribution in [0.1, 0.15) is 0 Å². The van der Waals surface area contributed by atoms with Crippen LogP contribution in [0.5, 0.6) is 5.75 Å². The first-order valence-electron chi connectivity index (χ1n) is 4.51. The lowest BCUT2D eigenvalue weighted by Gasteiger charge is -2.06. The Hall–Kier alpha value is -1.38. The molecule has 9 heteroatoms. The molecule has 1 aromatic carbocycles. The zero-order chi connectivity index (χ0) is 13.3. The fraction of sp³-hybridized carbons (Fsp3) is 0. The molecule has 2 rings (SSSR count). The zero-order valence-electron chi connectivity index (χ0n) is 8.59. The molecule has 2 N–H and O–H groups in total. The van der Waals surface area contributed by atoms with Crippen LogP contribution in [0, 0.1) is 5.82 Å². The van der Waals surface area contributed by atoms with Gasteiger partial charge in [0.15, 0.2) is 20.2 Å². The van der Waals surface area contributed by atoms with Crippen LogP contribution in [-0.4, -0.2) is 18.5 Å². The van der Waals surface area contributed by atoms with Gasteiger partial charge in [0.25, 0.3) is 10.0 Å². The van der Waals surface area contributed by atoms with E-state index >= 15 is 0 Å². The summed E-state index contributed by atoms with van der Waals surface area (Å²) in [6.45, 7) is 0. The summed E-state index contributed by atoms with van der Waals surface area (Å²) in [6.07, 6.45) is 1.10. The van der Waals surface area contributed by atoms with Crippen LogP contribution in [0.2, 0.25) is 4.47 Å². The summed E-state index contributed by atoms with van der Waals surface area (Å²) in [7, 11) is -3.85. The lowest BCUT2D eigenvalue weighted by molar-refractivity contribution is 0.432. The van der Waals surface area contributed by atoms with E-state index in [0.717, 1.165) is 29.7 Å². The van der Waals surface area contributed by atoms with Crippen molar-refractivity contribution in [3.8, 4) is 5.75 Å². The molecular weight excluding hydrogens is 303 g/mol. The average molecular weight is 309 g/mol. The number of thiazole rings is 1. The van der Waals surface area contributed by atoms with Crippen molar-refractivity contribution >= 4 is 38.6 Å². The van der Waals surface area contributed by atoms with Gasteiger partial charge >= 0.3 is 0 Å². The van der Waals surface area contributed by atoms with Crippen LogP contribution in [0.4, 0.5) is 10.1 Å². The third kappa shape index (κ3) is 2.71. The third-order valence-corrected chi connectivity index (χ3v) is 4.88. The summed E-state index contributed by atoms with van der Waals surface area (Å²) >= 11 is 6.32. The molecule has 0 saturated heterocycles. The van der Waals surface area contributed by atoms with Crippen molar-refractivity contribution < 1.29 is 17.9 Å². The average Bonchev–Trinajstić information content (AvgIpc) is 2.71. The number of nitrogens with zero attached hydrogens (tertiary/aromatic N) is 1. The first-order valence-corrected chi connectivity index (χ1v) is 7.19. The molecule has 0 bridgehead atoms. The molecule has 0 radical (unpaired) electrons. The van der Waals surface area contributed by atoms with Crippen molar-refractivity contribution in [1.82, 2.24) is 4.98 Å². The quantitative estimate of drug-likeness (QED) is 0.854. The van der Waals surface area contributed by atoms with E-state index in [-0.39, 0.29) is 14.4 Å². The number of aromatic hydroxyl groups is 1. The number of phenolic OH excluding ortho intramolecular Hbond substituents is 1. The van der Waals surface area contributed by atoms with Crippen molar-refractivity contribution in [1.29, 1.82) is 0 Å². The third-order valence-electron chi connectivity index (χ3n) is 1.92. The Labute approximate surface area is 111 Å². The van der Waals surface area contributed by atoms with E-state index in [2.05, 4.69) is 9.71 Å². The maximum absolute atomic E-state index is 13.0. The molecule has 2 aromatic rings. The van der Waals surface area contributed by atoms with Crippen LogP contribution >= 0.6 is 22.9 Å². The van der Waals surface area contributed by atoms with Crippen LogP contribution in [0.3, 0.4) is 0 Å². The fourth-order valence-electron chi connectivity index (χ4n) is 1.14. The number of phenols is 1. The number of rotatable bonds is 3. The minimum Gasteiger partial charge on any atom is -0.505 e. The predicted molar refractivity (Wildman–Crippen MR) is 66.0 cm³/mol. The SMILES string of the molecule is O=S(=O)(Nc1ccc(O)c(F)c1)c1cnc(Cl)s1. The molecular formula is C9H6ClFN2O3S2. The predicted octanol–water partition coefficient (Wildman–Crippen LogP) is 2.44. The Bertz CT molecular complexity index is 687. The molecule has 0 aliphatic heterocycles. The van der Waals surface area contributed by atoms with Crippen LogP contribution in [-0.2, 0) is 10.0 Å². The van der Waals surface area contributed by atoms with Crippen LogP contribution in [0.15, 0.2) is 28.6 Å². The van der Waals surface area contributed by atoms with Gasteiger partial charge in [-0.05, 0) is 12.1 Å². The number of sulfonamides is 1. The highest BCUT2D eigenvalue weighted by Gasteiger charge is 2.18. The number of nitrogens with one attached hydrogen (secondary N) is 1. The number of anilines is 1. The van der Waals surface area contributed by atoms with Crippen LogP contribution in [0.25, 0.3) is 0 Å². The minimum atomic E-state index is -3.85. The van der Waals surface area contributed by atoms with Gasteiger partial charge in [0.2, 0.25) is 0 Å². The Kier molecular flexibility index (Phi) is 3.42. The number of hydrogen-bond donors (Lipinski definition) is 2. The van der Waals surface area contributed by atoms with Gasteiger partial charge in [-0.15, -0.1) is 0 Å². The summed E-state index contributed by atoms with van der Waals surface area (Å²) in [5.74, 6) is -1.48. The molecule has 0 unspecified atom stereocenters. The number of halogens is 2. The molecule has 0 saturated carbocycles.